The molecule has 5 heteroatoms. The fourth-order valence-corrected chi connectivity index (χ4v) is 3.83. The van der Waals surface area contributed by atoms with Crippen molar-refractivity contribution in [2.45, 2.75) is 59.0 Å². The van der Waals surface area contributed by atoms with Crippen LogP contribution in [0.2, 0.25) is 0 Å². The molecule has 140 valence electrons. The van der Waals surface area contributed by atoms with E-state index in [0.717, 1.165) is 36.3 Å². The summed E-state index contributed by atoms with van der Waals surface area (Å²) >= 11 is 0. The summed E-state index contributed by atoms with van der Waals surface area (Å²) in [6, 6.07) is 5.92. The monoisotopic (exact) mass is 358 g/mol. The molecule has 2 heterocycles. The summed E-state index contributed by atoms with van der Waals surface area (Å²) in [6.07, 6.45) is 4.56. The van der Waals surface area contributed by atoms with Crippen LogP contribution in [0.5, 0.6) is 5.75 Å². The maximum atomic E-state index is 12.2. The number of fused-ring (bicyclic) bond motifs is 1. The van der Waals surface area contributed by atoms with Gasteiger partial charge < -0.3 is 14.7 Å². The van der Waals surface area contributed by atoms with Crippen LogP contribution in [0.4, 0.5) is 0 Å². The number of piperidine rings is 1. The molecule has 3 rings (SSSR count). The number of benzene rings is 1. The van der Waals surface area contributed by atoms with Crippen LogP contribution in [0.3, 0.4) is 0 Å². The van der Waals surface area contributed by atoms with Crippen molar-refractivity contribution in [2.24, 2.45) is 0 Å². The molecule has 1 aromatic carbocycles. The smallest absolute Gasteiger partial charge is 0.338 e. The van der Waals surface area contributed by atoms with E-state index in [9.17, 15) is 9.90 Å². The second-order valence-corrected chi connectivity index (χ2v) is 7.46. The molecule has 0 radical (unpaired) electrons. The van der Waals surface area contributed by atoms with Crippen LogP contribution >= 0.6 is 0 Å². The van der Waals surface area contributed by atoms with Crippen molar-refractivity contribution in [3.05, 3.63) is 35.0 Å². The van der Waals surface area contributed by atoms with Crippen molar-refractivity contribution in [1.29, 1.82) is 0 Å². The van der Waals surface area contributed by atoms with Gasteiger partial charge in [0.2, 0.25) is 5.52 Å². The van der Waals surface area contributed by atoms with Crippen LogP contribution in [0.1, 0.15) is 61.1 Å². The maximum absolute atomic E-state index is 12.2. The number of ether oxygens (including phenoxy) is 1. The summed E-state index contributed by atoms with van der Waals surface area (Å²) in [6.45, 7) is 8.61. The fraction of sp³-hybridized carbons (Fsp3) is 0.524. The van der Waals surface area contributed by atoms with Crippen molar-refractivity contribution < 1.29 is 24.5 Å². The third-order valence-electron chi connectivity index (χ3n) is 5.49. The third kappa shape index (κ3) is 3.83. The zero-order chi connectivity index (χ0) is 18.7. The Morgan fingerprint density at radius 1 is 1.38 bits per heavy atom. The number of rotatable bonds is 5. The lowest BCUT2D eigenvalue weighted by molar-refractivity contribution is -0.942. The molecule has 0 aliphatic carbocycles. The Morgan fingerprint density at radius 3 is 2.92 bits per heavy atom. The summed E-state index contributed by atoms with van der Waals surface area (Å²) in [7, 11) is 0. The quantitative estimate of drug-likeness (QED) is 0.806. The topological polar surface area (TPSA) is 65.1 Å². The number of hydrogen-bond donors (Lipinski definition) is 2. The van der Waals surface area contributed by atoms with Gasteiger partial charge in [-0.2, -0.15) is 0 Å². The lowest BCUT2D eigenvalue weighted by atomic mass is 10.0. The molecular weight excluding hydrogens is 328 g/mol. The minimum absolute atomic E-state index is 0.284. The number of likely N-dealkylation sites (tertiary alicyclic amines) is 1. The minimum atomic E-state index is -0.342. The Morgan fingerprint density at radius 2 is 2.19 bits per heavy atom. The van der Waals surface area contributed by atoms with Gasteiger partial charge in [0.25, 0.3) is 0 Å². The Bertz CT molecular complexity index is 803. The molecular formula is C21H30N2O3+2. The molecule has 2 unspecified atom stereocenters. The van der Waals surface area contributed by atoms with E-state index < -0.39 is 0 Å². The molecule has 26 heavy (non-hydrogen) atoms. The normalized spacial score (nSPS) is 20.3. The Kier molecular flexibility index (Phi) is 5.77. The van der Waals surface area contributed by atoms with E-state index in [-0.39, 0.29) is 11.7 Å². The first-order valence-electron chi connectivity index (χ1n) is 9.70. The number of hydrogen-bond acceptors (Lipinski definition) is 3. The number of aromatic hydroxyl groups is 1. The third-order valence-corrected chi connectivity index (χ3v) is 5.49. The van der Waals surface area contributed by atoms with Gasteiger partial charge in [-0.1, -0.05) is 6.92 Å². The lowest BCUT2D eigenvalue weighted by Gasteiger charge is -2.30. The molecule has 0 amide bonds. The molecule has 0 spiro atoms. The van der Waals surface area contributed by atoms with Crippen LogP contribution in [-0.4, -0.2) is 30.3 Å². The second kappa shape index (κ2) is 8.04. The molecule has 3 N–H and O–H groups in total. The zero-order valence-electron chi connectivity index (χ0n) is 16.0. The minimum Gasteiger partial charge on any atom is -0.506 e. The van der Waals surface area contributed by atoms with Gasteiger partial charge >= 0.3 is 5.97 Å². The number of pyridine rings is 1. The average molecular weight is 358 g/mol. The predicted octanol–water partition coefficient (Wildman–Crippen LogP) is 2.19. The Labute approximate surface area is 155 Å². The van der Waals surface area contributed by atoms with E-state index in [1.807, 2.05) is 19.9 Å². The fourth-order valence-electron chi connectivity index (χ4n) is 3.83. The summed E-state index contributed by atoms with van der Waals surface area (Å²) < 4.78 is 5.22. The number of aryl methyl sites for hydroxylation is 1. The predicted molar refractivity (Wildman–Crippen MR) is 100 cm³/mol. The van der Waals surface area contributed by atoms with Gasteiger partial charge in [0.05, 0.1) is 30.1 Å². The highest BCUT2D eigenvalue weighted by atomic mass is 16.5. The molecule has 1 aliphatic heterocycles. The number of aromatic amines is 1. The highest BCUT2D eigenvalue weighted by molar-refractivity contribution is 5.95. The molecule has 0 saturated carbocycles. The average Bonchev–Trinajstić information content (AvgIpc) is 2.64. The Hall–Kier alpha value is -2.14. The van der Waals surface area contributed by atoms with Crippen LogP contribution < -0.4 is 9.88 Å². The number of esters is 1. The second-order valence-electron chi connectivity index (χ2n) is 7.46. The first kappa shape index (κ1) is 18.6. The summed E-state index contributed by atoms with van der Waals surface area (Å²) in [5, 5.41) is 11.6. The van der Waals surface area contributed by atoms with Gasteiger partial charge in [0.15, 0.2) is 5.69 Å². The van der Waals surface area contributed by atoms with Crippen LogP contribution in [0.15, 0.2) is 18.2 Å². The van der Waals surface area contributed by atoms with Gasteiger partial charge in [-0.15, -0.1) is 0 Å². The van der Waals surface area contributed by atoms with E-state index in [4.69, 9.17) is 4.74 Å². The maximum Gasteiger partial charge on any atom is 0.338 e. The number of aromatic nitrogens is 1. The van der Waals surface area contributed by atoms with Gasteiger partial charge in [-0.05, 0) is 44.7 Å². The summed E-state index contributed by atoms with van der Waals surface area (Å²) in [4.78, 5) is 17.1. The SMILES string of the molecule is CCCOC(=O)c1ccc2[nH+]c(C)c(C[NH+]3CCCCC3C)c(O)c2c1. The first-order valence-corrected chi connectivity index (χ1v) is 9.70. The summed E-state index contributed by atoms with van der Waals surface area (Å²) in [5.74, 6) is -0.0581. The van der Waals surface area contributed by atoms with E-state index in [1.165, 1.54) is 24.2 Å². The number of quaternary nitrogens is 1. The summed E-state index contributed by atoms with van der Waals surface area (Å²) in [5.41, 5.74) is 3.24. The molecule has 2 atom stereocenters. The molecule has 1 fully saturated rings. The molecule has 2 aromatic rings. The van der Waals surface area contributed by atoms with Crippen molar-refractivity contribution in [2.75, 3.05) is 13.2 Å². The van der Waals surface area contributed by atoms with Crippen LogP contribution in [-0.2, 0) is 11.3 Å². The van der Waals surface area contributed by atoms with Gasteiger partial charge in [0.1, 0.15) is 17.9 Å². The van der Waals surface area contributed by atoms with Crippen molar-refractivity contribution >= 4 is 16.9 Å². The highest BCUT2D eigenvalue weighted by Crippen LogP contribution is 2.28. The number of nitrogens with one attached hydrogen (secondary N) is 2. The van der Waals surface area contributed by atoms with Crippen molar-refractivity contribution in [3.63, 3.8) is 0 Å². The molecule has 0 bridgehead atoms. The van der Waals surface area contributed by atoms with E-state index >= 15 is 0 Å². The number of H-pyrrole nitrogens is 1. The van der Waals surface area contributed by atoms with Crippen LogP contribution in [0, 0.1) is 6.92 Å². The van der Waals surface area contributed by atoms with E-state index in [1.54, 1.807) is 12.1 Å². The van der Waals surface area contributed by atoms with Gasteiger partial charge in [-0.3, -0.25) is 0 Å². The number of carbonyl (C=O) groups is 1. The molecule has 1 aliphatic rings. The molecule has 1 saturated heterocycles. The Balaban J connectivity index is 1.94. The first-order chi connectivity index (χ1) is 12.5. The van der Waals surface area contributed by atoms with Gasteiger partial charge in [-0.25, -0.2) is 9.78 Å². The number of carbonyl (C=O) groups excluding carboxylic acids is 1. The largest absolute Gasteiger partial charge is 0.506 e. The van der Waals surface area contributed by atoms with E-state index in [2.05, 4.69) is 11.9 Å². The highest BCUT2D eigenvalue weighted by Gasteiger charge is 2.27. The van der Waals surface area contributed by atoms with Gasteiger partial charge in [0, 0.05) is 13.0 Å². The lowest BCUT2D eigenvalue weighted by Crippen LogP contribution is -3.15. The van der Waals surface area contributed by atoms with Crippen molar-refractivity contribution in [3.8, 4) is 5.75 Å². The molecule has 1 aromatic heterocycles. The standard InChI is InChI=1S/C21H28N2O3/c1-4-11-26-21(25)16-8-9-19-17(12-16)20(24)18(15(3)22-19)13-23-10-6-5-7-14(23)2/h8-9,12,14H,4-7,10-11,13H2,1-3H3,(H,22,24)/p+2. The molecule has 5 nitrogen and oxygen atoms in total. The zero-order valence-corrected chi connectivity index (χ0v) is 16.0. The van der Waals surface area contributed by atoms with Crippen molar-refractivity contribution in [1.82, 2.24) is 0 Å². The van der Waals surface area contributed by atoms with Crippen LogP contribution in [0.25, 0.3) is 10.9 Å². The van der Waals surface area contributed by atoms with E-state index in [0.29, 0.717) is 23.6 Å².